The maximum atomic E-state index is 12.2. The van der Waals surface area contributed by atoms with E-state index in [1.54, 1.807) is 0 Å². The summed E-state index contributed by atoms with van der Waals surface area (Å²) in [4.78, 5) is 12.2. The van der Waals surface area contributed by atoms with Crippen molar-refractivity contribution >= 4 is 17.6 Å². The largest absolute Gasteiger partial charge is 0.464 e. The van der Waals surface area contributed by atoms with Crippen LogP contribution in [0.3, 0.4) is 0 Å². The summed E-state index contributed by atoms with van der Waals surface area (Å²) in [6.07, 6.45) is 0.795. The fourth-order valence-corrected chi connectivity index (χ4v) is 2.40. The molecule has 0 aliphatic rings. The summed E-state index contributed by atoms with van der Waals surface area (Å²) < 4.78 is 5.52. The van der Waals surface area contributed by atoms with Crippen LogP contribution in [0.5, 0.6) is 0 Å². The molecule has 118 valence electrons. The van der Waals surface area contributed by atoms with E-state index in [2.05, 4.69) is 10.6 Å². The van der Waals surface area contributed by atoms with Gasteiger partial charge in [-0.15, -0.1) is 0 Å². The third-order valence-electron chi connectivity index (χ3n) is 3.52. The Kier molecular flexibility index (Phi) is 5.50. The average molecular weight is 321 g/mol. The molecule has 0 saturated heterocycles. The third-order valence-corrected chi connectivity index (χ3v) is 3.77. The van der Waals surface area contributed by atoms with E-state index in [1.165, 1.54) is 0 Å². The Labute approximate surface area is 135 Å². The normalized spacial score (nSPS) is 13.5. The van der Waals surface area contributed by atoms with E-state index < -0.39 is 0 Å². The van der Waals surface area contributed by atoms with Crippen LogP contribution in [-0.2, 0) is 0 Å². The number of nitrogens with one attached hydrogen (secondary N) is 2. The molecule has 0 bridgehead atoms. The number of carbonyl (C=O) groups is 1. The third kappa shape index (κ3) is 4.28. The van der Waals surface area contributed by atoms with Crippen molar-refractivity contribution in [3.05, 3.63) is 58.5 Å². The van der Waals surface area contributed by atoms with E-state index >= 15 is 0 Å². The minimum Gasteiger partial charge on any atom is -0.464 e. The molecule has 1 aromatic carbocycles. The summed E-state index contributed by atoms with van der Waals surface area (Å²) in [6, 6.07) is 10.8. The number of amides is 2. The second kappa shape index (κ2) is 7.36. The van der Waals surface area contributed by atoms with E-state index in [-0.39, 0.29) is 18.1 Å². The van der Waals surface area contributed by atoms with Crippen LogP contribution in [0, 0.1) is 6.92 Å². The van der Waals surface area contributed by atoms with Crippen LogP contribution in [0.15, 0.2) is 40.8 Å². The maximum Gasteiger partial charge on any atom is 0.315 e. The summed E-state index contributed by atoms with van der Waals surface area (Å²) >= 11 is 5.89. The van der Waals surface area contributed by atoms with Crippen LogP contribution in [0.25, 0.3) is 0 Å². The number of rotatable bonds is 5. The molecule has 0 aliphatic carbocycles. The minimum absolute atomic E-state index is 0.0530. The Morgan fingerprint density at radius 1 is 1.18 bits per heavy atom. The lowest BCUT2D eigenvalue weighted by atomic mass is 10.1. The molecule has 5 heteroatoms. The van der Waals surface area contributed by atoms with Gasteiger partial charge in [-0.05, 0) is 50.1 Å². The molecule has 2 rings (SSSR count). The van der Waals surface area contributed by atoms with Crippen molar-refractivity contribution in [3.8, 4) is 0 Å². The summed E-state index contributed by atoms with van der Waals surface area (Å²) in [6.45, 7) is 5.80. The highest BCUT2D eigenvalue weighted by Gasteiger charge is 2.16. The van der Waals surface area contributed by atoms with Gasteiger partial charge >= 0.3 is 6.03 Å². The Bertz CT molecular complexity index is 622. The van der Waals surface area contributed by atoms with E-state index in [9.17, 15) is 4.79 Å². The van der Waals surface area contributed by atoms with Gasteiger partial charge in [0.1, 0.15) is 11.5 Å². The molecule has 2 aromatic rings. The molecule has 4 nitrogen and oxygen atoms in total. The fourth-order valence-electron chi connectivity index (χ4n) is 2.27. The second-order valence-corrected chi connectivity index (χ2v) is 5.74. The first kappa shape index (κ1) is 16.4. The molecule has 2 N–H and O–H groups in total. The Hall–Kier alpha value is -1.94. The van der Waals surface area contributed by atoms with Gasteiger partial charge in [-0.2, -0.15) is 0 Å². The molecule has 0 fully saturated rings. The Morgan fingerprint density at radius 3 is 2.41 bits per heavy atom. The van der Waals surface area contributed by atoms with Crippen molar-refractivity contribution in [2.75, 3.05) is 0 Å². The van der Waals surface area contributed by atoms with Crippen LogP contribution in [0.4, 0.5) is 4.79 Å². The molecular weight excluding hydrogens is 300 g/mol. The molecule has 0 saturated carbocycles. The quantitative estimate of drug-likeness (QED) is 0.835. The molecule has 22 heavy (non-hydrogen) atoms. The van der Waals surface area contributed by atoms with E-state index in [0.717, 1.165) is 23.5 Å². The Balaban J connectivity index is 1.96. The van der Waals surface area contributed by atoms with E-state index in [4.69, 9.17) is 16.0 Å². The Morgan fingerprint density at radius 2 is 1.86 bits per heavy atom. The summed E-state index contributed by atoms with van der Waals surface area (Å²) in [5.74, 6) is 1.57. The van der Waals surface area contributed by atoms with Gasteiger partial charge in [0.15, 0.2) is 0 Å². The second-order valence-electron chi connectivity index (χ2n) is 5.30. The lowest BCUT2D eigenvalue weighted by Gasteiger charge is -2.20. The first-order chi connectivity index (χ1) is 10.5. The van der Waals surface area contributed by atoms with E-state index in [0.29, 0.717) is 5.02 Å². The molecule has 2 atom stereocenters. The predicted molar refractivity (Wildman–Crippen MR) is 88.0 cm³/mol. The van der Waals surface area contributed by atoms with Gasteiger partial charge in [-0.1, -0.05) is 30.7 Å². The topological polar surface area (TPSA) is 54.3 Å². The number of halogens is 1. The monoisotopic (exact) mass is 320 g/mol. The van der Waals surface area contributed by atoms with Gasteiger partial charge in [0.05, 0.1) is 12.1 Å². The minimum atomic E-state index is -0.219. The fraction of sp³-hybridized carbons (Fsp3) is 0.353. The molecule has 2 amide bonds. The lowest BCUT2D eigenvalue weighted by molar-refractivity contribution is 0.231. The standard InChI is InChI=1S/C17H21ClN2O2/c1-4-15(13-6-8-14(18)9-7-13)20-17(21)19-12(3)16-10-5-11(2)22-16/h5-10,12,15H,4H2,1-3H3,(H2,19,20,21). The molecular formula is C17H21ClN2O2. The number of urea groups is 1. The summed E-state index contributed by atoms with van der Waals surface area (Å²) in [7, 11) is 0. The molecule has 1 aromatic heterocycles. The number of carbonyl (C=O) groups excluding carboxylic acids is 1. The smallest absolute Gasteiger partial charge is 0.315 e. The number of furan rings is 1. The van der Waals surface area contributed by atoms with Gasteiger partial charge in [0.2, 0.25) is 0 Å². The first-order valence-electron chi connectivity index (χ1n) is 7.38. The van der Waals surface area contributed by atoms with Crippen molar-refractivity contribution in [1.29, 1.82) is 0 Å². The average Bonchev–Trinajstić information content (AvgIpc) is 2.92. The number of benzene rings is 1. The summed E-state index contributed by atoms with van der Waals surface area (Å²) in [5, 5.41) is 6.55. The van der Waals surface area contributed by atoms with Crippen LogP contribution >= 0.6 is 11.6 Å². The molecule has 0 radical (unpaired) electrons. The van der Waals surface area contributed by atoms with Crippen molar-refractivity contribution < 1.29 is 9.21 Å². The maximum absolute atomic E-state index is 12.2. The molecule has 2 unspecified atom stereocenters. The predicted octanol–water partition coefficient (Wildman–Crippen LogP) is 4.75. The van der Waals surface area contributed by atoms with Crippen molar-refractivity contribution in [1.82, 2.24) is 10.6 Å². The highest BCUT2D eigenvalue weighted by atomic mass is 35.5. The van der Waals surface area contributed by atoms with Crippen LogP contribution in [0.1, 0.15) is 49.4 Å². The SMILES string of the molecule is CCC(NC(=O)NC(C)c1ccc(C)o1)c1ccc(Cl)cc1. The lowest BCUT2D eigenvalue weighted by Crippen LogP contribution is -2.39. The van der Waals surface area contributed by atoms with E-state index in [1.807, 2.05) is 57.2 Å². The number of hydrogen-bond acceptors (Lipinski definition) is 2. The zero-order valence-electron chi connectivity index (χ0n) is 13.0. The number of aryl methyl sites for hydroxylation is 1. The zero-order valence-corrected chi connectivity index (χ0v) is 13.8. The van der Waals surface area contributed by atoms with Gasteiger partial charge < -0.3 is 15.1 Å². The highest BCUT2D eigenvalue weighted by Crippen LogP contribution is 2.20. The van der Waals surface area contributed by atoms with Gasteiger partial charge in [0, 0.05) is 5.02 Å². The van der Waals surface area contributed by atoms with Crippen LogP contribution in [0.2, 0.25) is 5.02 Å². The summed E-state index contributed by atoms with van der Waals surface area (Å²) in [5.41, 5.74) is 1.03. The zero-order chi connectivity index (χ0) is 16.1. The van der Waals surface area contributed by atoms with Crippen molar-refractivity contribution in [2.24, 2.45) is 0 Å². The van der Waals surface area contributed by atoms with Crippen molar-refractivity contribution in [2.45, 2.75) is 39.3 Å². The van der Waals surface area contributed by atoms with Gasteiger partial charge in [-0.3, -0.25) is 0 Å². The highest BCUT2D eigenvalue weighted by molar-refractivity contribution is 6.30. The first-order valence-corrected chi connectivity index (χ1v) is 7.76. The van der Waals surface area contributed by atoms with Crippen molar-refractivity contribution in [3.63, 3.8) is 0 Å². The molecule has 1 heterocycles. The molecule has 0 aliphatic heterocycles. The molecule has 0 spiro atoms. The van der Waals surface area contributed by atoms with Gasteiger partial charge in [-0.25, -0.2) is 4.79 Å². The number of hydrogen-bond donors (Lipinski definition) is 2. The van der Waals surface area contributed by atoms with Gasteiger partial charge in [0.25, 0.3) is 0 Å². The van der Waals surface area contributed by atoms with Crippen LogP contribution in [-0.4, -0.2) is 6.03 Å². The van der Waals surface area contributed by atoms with Crippen LogP contribution < -0.4 is 10.6 Å².